The first kappa shape index (κ1) is 22.9. The molecule has 8 nitrogen and oxygen atoms in total. The first-order valence-corrected chi connectivity index (χ1v) is 9.96. The molecule has 8 heteroatoms. The smallest absolute Gasteiger partial charge is 0.325 e. The number of nitrogens with one attached hydrogen (secondary N) is 1. The minimum Gasteiger partial charge on any atom is -0.497 e. The van der Waals surface area contributed by atoms with Crippen molar-refractivity contribution >= 4 is 17.7 Å². The van der Waals surface area contributed by atoms with Crippen molar-refractivity contribution in [1.29, 1.82) is 0 Å². The van der Waals surface area contributed by atoms with E-state index in [0.717, 1.165) is 10.5 Å². The molecule has 0 bridgehead atoms. The zero-order valence-corrected chi connectivity index (χ0v) is 18.6. The molecule has 0 radical (unpaired) electrons. The highest BCUT2D eigenvalue weighted by molar-refractivity contribution is 6.11. The number of carbonyl (C=O) groups is 3. The summed E-state index contributed by atoms with van der Waals surface area (Å²) in [5.74, 6) is 0.502. The van der Waals surface area contributed by atoms with Gasteiger partial charge in [0.15, 0.2) is 5.78 Å². The predicted octanol–water partition coefficient (Wildman–Crippen LogP) is 3.31. The maximum Gasteiger partial charge on any atom is 0.325 e. The van der Waals surface area contributed by atoms with Gasteiger partial charge >= 0.3 is 6.03 Å². The third-order valence-electron chi connectivity index (χ3n) is 5.20. The summed E-state index contributed by atoms with van der Waals surface area (Å²) in [6.45, 7) is 7.23. The number of carbonyl (C=O) groups excluding carboxylic acids is 3. The van der Waals surface area contributed by atoms with Crippen LogP contribution in [0.2, 0.25) is 0 Å². The lowest BCUT2D eigenvalue weighted by Gasteiger charge is -2.22. The molecule has 1 aliphatic rings. The SMILES string of the molecule is C=C(C)COc1ccc(C2(C)NC(=O)N(CC(=O)c3ccc(OC)cc3OC)C2=O)cc1. The summed E-state index contributed by atoms with van der Waals surface area (Å²) in [4.78, 5) is 39.5. The lowest BCUT2D eigenvalue weighted by atomic mass is 9.92. The number of ether oxygens (including phenoxy) is 3. The highest BCUT2D eigenvalue weighted by Crippen LogP contribution is 2.31. The van der Waals surface area contributed by atoms with E-state index in [-0.39, 0.29) is 5.56 Å². The minimum atomic E-state index is -1.30. The highest BCUT2D eigenvalue weighted by atomic mass is 16.5. The Morgan fingerprint density at radius 2 is 1.72 bits per heavy atom. The molecule has 1 fully saturated rings. The van der Waals surface area contributed by atoms with E-state index in [1.807, 2.05) is 6.92 Å². The van der Waals surface area contributed by atoms with Crippen LogP contribution in [0.5, 0.6) is 17.2 Å². The second kappa shape index (κ2) is 9.13. The second-order valence-corrected chi connectivity index (χ2v) is 7.71. The van der Waals surface area contributed by atoms with Crippen LogP contribution in [0.1, 0.15) is 29.8 Å². The Bertz CT molecular complexity index is 1060. The van der Waals surface area contributed by atoms with Crippen LogP contribution in [-0.4, -0.2) is 50.0 Å². The van der Waals surface area contributed by atoms with Gasteiger partial charge in [-0.25, -0.2) is 4.79 Å². The lowest BCUT2D eigenvalue weighted by molar-refractivity contribution is -0.130. The molecule has 0 aliphatic carbocycles. The molecule has 3 rings (SSSR count). The molecule has 1 heterocycles. The van der Waals surface area contributed by atoms with E-state index >= 15 is 0 Å². The fraction of sp³-hybridized carbons (Fsp3) is 0.292. The topological polar surface area (TPSA) is 94.2 Å². The summed E-state index contributed by atoms with van der Waals surface area (Å²) in [5, 5.41) is 2.70. The van der Waals surface area contributed by atoms with E-state index in [9.17, 15) is 14.4 Å². The van der Waals surface area contributed by atoms with E-state index < -0.39 is 29.8 Å². The minimum absolute atomic E-state index is 0.251. The number of amides is 3. The van der Waals surface area contributed by atoms with Gasteiger partial charge in [0.05, 0.1) is 26.3 Å². The molecule has 32 heavy (non-hydrogen) atoms. The van der Waals surface area contributed by atoms with Crippen LogP contribution in [0, 0.1) is 0 Å². The third kappa shape index (κ3) is 4.44. The molecule has 1 saturated heterocycles. The second-order valence-electron chi connectivity index (χ2n) is 7.71. The quantitative estimate of drug-likeness (QED) is 0.367. The highest BCUT2D eigenvalue weighted by Gasteiger charge is 2.49. The fourth-order valence-electron chi connectivity index (χ4n) is 3.38. The third-order valence-corrected chi connectivity index (χ3v) is 5.20. The molecule has 2 aromatic rings. The van der Waals surface area contributed by atoms with E-state index in [2.05, 4.69) is 11.9 Å². The van der Waals surface area contributed by atoms with Crippen LogP contribution in [0.4, 0.5) is 4.79 Å². The molecule has 1 unspecified atom stereocenters. The number of imide groups is 1. The zero-order chi connectivity index (χ0) is 23.5. The van der Waals surface area contributed by atoms with E-state index in [0.29, 0.717) is 29.4 Å². The molecule has 2 aromatic carbocycles. The van der Waals surface area contributed by atoms with Crippen molar-refractivity contribution in [2.24, 2.45) is 0 Å². The zero-order valence-electron chi connectivity index (χ0n) is 18.6. The number of benzene rings is 2. The van der Waals surface area contributed by atoms with Crippen molar-refractivity contribution in [2.75, 3.05) is 27.4 Å². The van der Waals surface area contributed by atoms with Gasteiger partial charge in [-0.3, -0.25) is 14.5 Å². The lowest BCUT2D eigenvalue weighted by Crippen LogP contribution is -2.41. The molecule has 0 saturated carbocycles. The Labute approximate surface area is 186 Å². The standard InChI is InChI=1S/C24H26N2O6/c1-15(2)14-32-17-8-6-16(7-9-17)24(3)22(28)26(23(29)25-24)13-20(27)19-11-10-18(30-4)12-21(19)31-5/h6-12H,1,13-14H2,2-5H3,(H,25,29). The van der Waals surface area contributed by atoms with Crippen molar-refractivity contribution in [3.05, 3.63) is 65.7 Å². The predicted molar refractivity (Wildman–Crippen MR) is 118 cm³/mol. The number of hydrogen-bond acceptors (Lipinski definition) is 6. The summed E-state index contributed by atoms with van der Waals surface area (Å²) in [6.07, 6.45) is 0. The molecule has 0 spiro atoms. The monoisotopic (exact) mass is 438 g/mol. The van der Waals surface area contributed by atoms with E-state index in [1.54, 1.807) is 49.4 Å². The molecule has 0 aromatic heterocycles. The molecule has 1 N–H and O–H groups in total. The van der Waals surface area contributed by atoms with Crippen molar-refractivity contribution in [1.82, 2.24) is 10.2 Å². The summed E-state index contributed by atoms with van der Waals surface area (Å²) < 4.78 is 16.0. The van der Waals surface area contributed by atoms with Gasteiger partial charge in [0, 0.05) is 6.07 Å². The molecule has 1 atom stereocenters. The maximum absolute atomic E-state index is 13.2. The number of ketones is 1. The van der Waals surface area contributed by atoms with Gasteiger partial charge in [-0.05, 0) is 49.2 Å². The van der Waals surface area contributed by atoms with Crippen molar-refractivity contribution < 1.29 is 28.6 Å². The summed E-state index contributed by atoms with van der Waals surface area (Å²) in [5.41, 5.74) is 0.416. The van der Waals surface area contributed by atoms with E-state index in [1.165, 1.54) is 14.2 Å². The van der Waals surface area contributed by atoms with Crippen LogP contribution >= 0.6 is 0 Å². The average molecular weight is 438 g/mol. The molecular weight excluding hydrogens is 412 g/mol. The first-order valence-electron chi connectivity index (χ1n) is 9.96. The largest absolute Gasteiger partial charge is 0.497 e. The Balaban J connectivity index is 1.78. The van der Waals surface area contributed by atoms with Gasteiger partial charge in [0.1, 0.15) is 29.4 Å². The van der Waals surface area contributed by atoms with Crippen molar-refractivity contribution in [3.8, 4) is 17.2 Å². The van der Waals surface area contributed by atoms with Gasteiger partial charge in [0.25, 0.3) is 5.91 Å². The average Bonchev–Trinajstić information content (AvgIpc) is 3.01. The molecular formula is C24H26N2O6. The first-order chi connectivity index (χ1) is 15.2. The Kier molecular flexibility index (Phi) is 6.53. The molecule has 3 amide bonds. The Hall–Kier alpha value is -3.81. The van der Waals surface area contributed by atoms with E-state index in [4.69, 9.17) is 14.2 Å². The summed E-state index contributed by atoms with van der Waals surface area (Å²) in [7, 11) is 2.93. The Morgan fingerprint density at radius 3 is 2.31 bits per heavy atom. The van der Waals surface area contributed by atoms with Gasteiger partial charge in [-0.15, -0.1) is 0 Å². The Morgan fingerprint density at radius 1 is 1.06 bits per heavy atom. The van der Waals surface area contributed by atoms with Gasteiger partial charge in [-0.1, -0.05) is 18.7 Å². The number of methoxy groups -OCH3 is 2. The fourth-order valence-corrected chi connectivity index (χ4v) is 3.38. The van der Waals surface area contributed by atoms with Crippen LogP contribution in [0.25, 0.3) is 0 Å². The van der Waals surface area contributed by atoms with Gasteiger partial charge in [-0.2, -0.15) is 0 Å². The van der Waals surface area contributed by atoms with Crippen molar-refractivity contribution in [2.45, 2.75) is 19.4 Å². The van der Waals surface area contributed by atoms with Crippen LogP contribution in [0.15, 0.2) is 54.6 Å². The normalized spacial score (nSPS) is 17.7. The maximum atomic E-state index is 13.2. The van der Waals surface area contributed by atoms with Crippen LogP contribution in [0.3, 0.4) is 0 Å². The van der Waals surface area contributed by atoms with Gasteiger partial charge in [0.2, 0.25) is 0 Å². The number of urea groups is 1. The van der Waals surface area contributed by atoms with Crippen molar-refractivity contribution in [3.63, 3.8) is 0 Å². The van der Waals surface area contributed by atoms with Crippen LogP contribution < -0.4 is 19.5 Å². The van der Waals surface area contributed by atoms with Crippen LogP contribution in [-0.2, 0) is 10.3 Å². The number of rotatable bonds is 9. The van der Waals surface area contributed by atoms with Gasteiger partial charge < -0.3 is 19.5 Å². The number of nitrogens with zero attached hydrogens (tertiary/aromatic N) is 1. The number of hydrogen-bond donors (Lipinski definition) is 1. The summed E-state index contributed by atoms with van der Waals surface area (Å²) >= 11 is 0. The number of Topliss-reactive ketones (excluding diaryl/α,β-unsaturated/α-hetero) is 1. The molecule has 168 valence electrons. The summed E-state index contributed by atoms with van der Waals surface area (Å²) in [6, 6.07) is 11.0. The molecule has 1 aliphatic heterocycles.